The Hall–Kier alpha value is -0.580. The molecule has 2 atom stereocenters. The second-order valence-electron chi connectivity index (χ2n) is 6.16. The van der Waals surface area contributed by atoms with E-state index in [2.05, 4.69) is 52.9 Å². The van der Waals surface area contributed by atoms with Gasteiger partial charge in [-0.2, -0.15) is 0 Å². The molecule has 2 unspecified atom stereocenters. The molecule has 118 valence electrons. The number of benzene rings is 1. The SMILES string of the molecule is COc1ccc(C2C(CN)CCCCN2C(C)C)cc1Br. The lowest BCUT2D eigenvalue weighted by atomic mass is 9.88. The van der Waals surface area contributed by atoms with Crippen LogP contribution in [0.1, 0.15) is 44.7 Å². The van der Waals surface area contributed by atoms with Crippen molar-refractivity contribution < 1.29 is 4.74 Å². The second kappa shape index (κ2) is 7.61. The zero-order valence-corrected chi connectivity index (χ0v) is 14.9. The summed E-state index contributed by atoms with van der Waals surface area (Å²) < 4.78 is 6.37. The van der Waals surface area contributed by atoms with Crippen molar-refractivity contribution in [2.24, 2.45) is 11.7 Å². The fraction of sp³-hybridized carbons (Fsp3) is 0.647. The van der Waals surface area contributed by atoms with E-state index in [0.717, 1.165) is 23.3 Å². The van der Waals surface area contributed by atoms with Gasteiger partial charge >= 0.3 is 0 Å². The number of hydrogen-bond acceptors (Lipinski definition) is 3. The van der Waals surface area contributed by atoms with Gasteiger partial charge in [0.15, 0.2) is 0 Å². The monoisotopic (exact) mass is 354 g/mol. The van der Waals surface area contributed by atoms with Gasteiger partial charge < -0.3 is 10.5 Å². The smallest absolute Gasteiger partial charge is 0.133 e. The number of likely N-dealkylation sites (tertiary alicyclic amines) is 1. The van der Waals surface area contributed by atoms with Crippen LogP contribution in [0.25, 0.3) is 0 Å². The molecule has 0 radical (unpaired) electrons. The van der Waals surface area contributed by atoms with Gasteiger partial charge in [0.1, 0.15) is 5.75 Å². The molecule has 0 amide bonds. The van der Waals surface area contributed by atoms with Crippen molar-refractivity contribution in [3.05, 3.63) is 28.2 Å². The molecule has 1 fully saturated rings. The van der Waals surface area contributed by atoms with Crippen LogP contribution in [0.5, 0.6) is 5.75 Å². The summed E-state index contributed by atoms with van der Waals surface area (Å²) in [5, 5.41) is 0. The summed E-state index contributed by atoms with van der Waals surface area (Å²) in [5.41, 5.74) is 7.44. The molecular weight excluding hydrogens is 328 g/mol. The molecule has 1 aromatic rings. The molecule has 21 heavy (non-hydrogen) atoms. The Morgan fingerprint density at radius 2 is 2.14 bits per heavy atom. The van der Waals surface area contributed by atoms with Crippen LogP contribution in [-0.2, 0) is 0 Å². The summed E-state index contributed by atoms with van der Waals surface area (Å²) in [6.07, 6.45) is 3.76. The molecule has 0 spiro atoms. The Balaban J connectivity index is 2.39. The number of ether oxygens (including phenoxy) is 1. The summed E-state index contributed by atoms with van der Waals surface area (Å²) in [5.74, 6) is 1.41. The van der Waals surface area contributed by atoms with Crippen LogP contribution in [0.15, 0.2) is 22.7 Å². The first-order valence-corrected chi connectivity index (χ1v) is 8.67. The van der Waals surface area contributed by atoms with Crippen LogP contribution in [0, 0.1) is 5.92 Å². The van der Waals surface area contributed by atoms with Gasteiger partial charge in [0.25, 0.3) is 0 Å². The van der Waals surface area contributed by atoms with Gasteiger partial charge in [0.2, 0.25) is 0 Å². The van der Waals surface area contributed by atoms with E-state index >= 15 is 0 Å². The number of rotatable bonds is 4. The quantitative estimate of drug-likeness (QED) is 0.888. The van der Waals surface area contributed by atoms with E-state index in [4.69, 9.17) is 10.5 Å². The molecule has 1 aromatic carbocycles. The van der Waals surface area contributed by atoms with E-state index in [9.17, 15) is 0 Å². The molecule has 2 rings (SSSR count). The summed E-state index contributed by atoms with van der Waals surface area (Å²) in [4.78, 5) is 2.61. The lowest BCUT2D eigenvalue weighted by Gasteiger charge is -2.38. The fourth-order valence-electron chi connectivity index (χ4n) is 3.43. The summed E-state index contributed by atoms with van der Waals surface area (Å²) in [7, 11) is 1.70. The summed E-state index contributed by atoms with van der Waals surface area (Å²) >= 11 is 3.62. The molecule has 1 heterocycles. The maximum Gasteiger partial charge on any atom is 0.133 e. The van der Waals surface area contributed by atoms with Crippen molar-refractivity contribution >= 4 is 15.9 Å². The van der Waals surface area contributed by atoms with Crippen LogP contribution in [0.2, 0.25) is 0 Å². The normalized spacial score (nSPS) is 24.1. The first kappa shape index (κ1) is 16.8. The Labute approximate surface area is 137 Å². The van der Waals surface area contributed by atoms with Crippen molar-refractivity contribution in [3.63, 3.8) is 0 Å². The van der Waals surface area contributed by atoms with Crippen molar-refractivity contribution in [1.82, 2.24) is 4.90 Å². The molecule has 1 aliphatic rings. The molecule has 0 bridgehead atoms. The molecule has 0 aliphatic carbocycles. The Bertz CT molecular complexity index is 464. The Morgan fingerprint density at radius 3 is 2.71 bits per heavy atom. The second-order valence-corrected chi connectivity index (χ2v) is 7.02. The zero-order chi connectivity index (χ0) is 15.4. The number of halogens is 1. The van der Waals surface area contributed by atoms with Gasteiger partial charge in [-0.25, -0.2) is 0 Å². The van der Waals surface area contributed by atoms with E-state index in [0.29, 0.717) is 18.0 Å². The van der Waals surface area contributed by atoms with Crippen molar-refractivity contribution in [2.75, 3.05) is 20.2 Å². The third-order valence-electron chi connectivity index (χ3n) is 4.53. The Kier molecular flexibility index (Phi) is 6.08. The van der Waals surface area contributed by atoms with Crippen LogP contribution < -0.4 is 10.5 Å². The van der Waals surface area contributed by atoms with E-state index in [1.54, 1.807) is 7.11 Å². The fourth-order valence-corrected chi connectivity index (χ4v) is 3.98. The minimum atomic E-state index is 0.403. The van der Waals surface area contributed by atoms with E-state index < -0.39 is 0 Å². The highest BCUT2D eigenvalue weighted by molar-refractivity contribution is 9.10. The third kappa shape index (κ3) is 3.79. The minimum Gasteiger partial charge on any atom is -0.496 e. The van der Waals surface area contributed by atoms with Crippen molar-refractivity contribution in [1.29, 1.82) is 0 Å². The first-order valence-electron chi connectivity index (χ1n) is 7.87. The van der Waals surface area contributed by atoms with Crippen molar-refractivity contribution in [2.45, 2.75) is 45.2 Å². The molecule has 0 saturated carbocycles. The predicted octanol–water partition coefficient (Wildman–Crippen LogP) is 3.97. The topological polar surface area (TPSA) is 38.5 Å². The average Bonchev–Trinajstić information content (AvgIpc) is 2.69. The molecule has 3 nitrogen and oxygen atoms in total. The molecule has 4 heteroatoms. The minimum absolute atomic E-state index is 0.403. The Morgan fingerprint density at radius 1 is 1.38 bits per heavy atom. The van der Waals surface area contributed by atoms with E-state index in [1.165, 1.54) is 24.8 Å². The summed E-state index contributed by atoms with van der Waals surface area (Å²) in [6, 6.07) is 7.38. The lowest BCUT2D eigenvalue weighted by molar-refractivity contribution is 0.121. The first-order chi connectivity index (χ1) is 10.1. The third-order valence-corrected chi connectivity index (χ3v) is 5.15. The zero-order valence-electron chi connectivity index (χ0n) is 13.3. The lowest BCUT2D eigenvalue weighted by Crippen LogP contribution is -2.39. The van der Waals surface area contributed by atoms with Crippen LogP contribution in [0.3, 0.4) is 0 Å². The largest absolute Gasteiger partial charge is 0.496 e. The number of nitrogens with zero attached hydrogens (tertiary/aromatic N) is 1. The van der Waals surface area contributed by atoms with Gasteiger partial charge in [-0.1, -0.05) is 12.5 Å². The predicted molar refractivity (Wildman–Crippen MR) is 91.7 cm³/mol. The van der Waals surface area contributed by atoms with Gasteiger partial charge in [0.05, 0.1) is 11.6 Å². The highest BCUT2D eigenvalue weighted by Crippen LogP contribution is 2.38. The number of nitrogens with two attached hydrogens (primary N) is 1. The van der Waals surface area contributed by atoms with E-state index in [-0.39, 0.29) is 0 Å². The van der Waals surface area contributed by atoms with Crippen LogP contribution in [0.4, 0.5) is 0 Å². The van der Waals surface area contributed by atoms with Gasteiger partial charge in [-0.15, -0.1) is 0 Å². The molecule has 2 N–H and O–H groups in total. The van der Waals surface area contributed by atoms with Crippen LogP contribution >= 0.6 is 15.9 Å². The number of methoxy groups -OCH3 is 1. The average molecular weight is 355 g/mol. The highest BCUT2D eigenvalue weighted by atomic mass is 79.9. The van der Waals surface area contributed by atoms with Crippen molar-refractivity contribution in [3.8, 4) is 5.75 Å². The van der Waals surface area contributed by atoms with Gasteiger partial charge in [-0.3, -0.25) is 4.90 Å². The number of hydrogen-bond donors (Lipinski definition) is 1. The molecule has 0 aromatic heterocycles. The molecule has 1 aliphatic heterocycles. The maximum absolute atomic E-state index is 6.09. The van der Waals surface area contributed by atoms with Gasteiger partial charge in [-0.05, 0) is 79.3 Å². The standard InChI is InChI=1S/C17H27BrN2O/c1-12(2)20-9-5-4-6-14(11-19)17(20)13-7-8-16(21-3)15(18)10-13/h7-8,10,12,14,17H,4-6,9,11,19H2,1-3H3. The van der Waals surface area contributed by atoms with E-state index in [1.807, 2.05) is 0 Å². The molecule has 1 saturated heterocycles. The maximum atomic E-state index is 6.09. The van der Waals surface area contributed by atoms with Gasteiger partial charge in [0, 0.05) is 12.1 Å². The highest BCUT2D eigenvalue weighted by Gasteiger charge is 2.31. The molecular formula is C17H27BrN2O. The summed E-state index contributed by atoms with van der Waals surface area (Å²) in [6.45, 7) is 6.47. The van der Waals surface area contributed by atoms with Crippen LogP contribution in [-0.4, -0.2) is 31.1 Å².